The highest BCUT2D eigenvalue weighted by molar-refractivity contribution is 8.23. The van der Waals surface area contributed by atoms with Gasteiger partial charge in [0.05, 0.1) is 28.3 Å². The lowest BCUT2D eigenvalue weighted by molar-refractivity contribution is -0.384. The van der Waals surface area contributed by atoms with Crippen LogP contribution in [-0.2, 0) is 14.6 Å². The molecule has 1 fully saturated rings. The third-order valence-corrected chi connectivity index (χ3v) is 11.3. The number of nitrogens with zero attached hydrogens (tertiary/aromatic N) is 3. The fraction of sp³-hybridized carbons (Fsp3) is 0.300. The SMILES string of the molecule is Cc1ccc(C(=O)C2C(O)C(=O)N(C3=NCC(S(=O)(=O)c4ccc([N+](=O)[O-])cc4)S3)C2c2ccc(C(C)C)cc2)cc1. The number of Topliss-reactive ketones (excluding diaryl/α,β-unsaturated/α-hetero) is 1. The molecule has 12 heteroatoms. The van der Waals surface area contributed by atoms with Crippen molar-refractivity contribution in [2.24, 2.45) is 10.9 Å². The molecule has 4 unspecified atom stereocenters. The minimum atomic E-state index is -3.99. The number of hydrogen-bond donors (Lipinski definition) is 1. The van der Waals surface area contributed by atoms with Crippen molar-refractivity contribution < 1.29 is 28.0 Å². The van der Waals surface area contributed by atoms with Crippen LogP contribution in [0.5, 0.6) is 0 Å². The predicted octanol–water partition coefficient (Wildman–Crippen LogP) is 4.67. The van der Waals surface area contributed by atoms with Crippen LogP contribution >= 0.6 is 11.8 Å². The number of nitro benzene ring substituents is 1. The third-order valence-electron chi connectivity index (χ3n) is 7.57. The molecule has 4 atom stereocenters. The summed E-state index contributed by atoms with van der Waals surface area (Å²) in [6.45, 7) is 5.81. The number of aliphatic hydroxyl groups is 1. The van der Waals surface area contributed by atoms with E-state index >= 15 is 0 Å². The van der Waals surface area contributed by atoms with Gasteiger partial charge >= 0.3 is 0 Å². The molecule has 218 valence electrons. The highest BCUT2D eigenvalue weighted by Crippen LogP contribution is 2.44. The van der Waals surface area contributed by atoms with Crippen molar-refractivity contribution >= 4 is 44.1 Å². The number of ketones is 1. The molecule has 0 spiro atoms. The number of rotatable bonds is 7. The lowest BCUT2D eigenvalue weighted by Crippen LogP contribution is -2.35. The number of thioether (sulfide) groups is 1. The second-order valence-electron chi connectivity index (χ2n) is 10.6. The maximum atomic E-state index is 13.8. The van der Waals surface area contributed by atoms with Gasteiger partial charge in [0.1, 0.15) is 10.7 Å². The summed E-state index contributed by atoms with van der Waals surface area (Å²) < 4.78 is 25.7. The second-order valence-corrected chi connectivity index (χ2v) is 14.2. The number of nitro groups is 1. The van der Waals surface area contributed by atoms with E-state index in [1.807, 2.05) is 45.0 Å². The highest BCUT2D eigenvalue weighted by atomic mass is 32.3. The highest BCUT2D eigenvalue weighted by Gasteiger charge is 2.54. The van der Waals surface area contributed by atoms with Gasteiger partial charge in [-0.1, -0.05) is 79.7 Å². The Morgan fingerprint density at radius 1 is 1.05 bits per heavy atom. The standard InChI is InChI=1S/C30H29N3O7S2/c1-17(2)19-8-10-20(11-9-19)26-25(27(34)21-6-4-18(3)5-7-21)28(35)29(36)32(26)30-31-16-24(41-30)42(39,40)23-14-12-22(13-15-23)33(37)38/h4-15,17,24-26,28,35H,16H2,1-3H3. The molecule has 2 aliphatic heterocycles. The van der Waals surface area contributed by atoms with Crippen LogP contribution in [0.4, 0.5) is 5.69 Å². The van der Waals surface area contributed by atoms with Crippen LogP contribution < -0.4 is 0 Å². The number of aryl methyl sites for hydroxylation is 1. The van der Waals surface area contributed by atoms with Gasteiger partial charge in [0.2, 0.25) is 0 Å². The molecule has 5 rings (SSSR count). The maximum Gasteiger partial charge on any atom is 0.269 e. The predicted molar refractivity (Wildman–Crippen MR) is 159 cm³/mol. The van der Waals surface area contributed by atoms with Gasteiger partial charge in [-0.2, -0.15) is 0 Å². The molecule has 2 aliphatic rings. The number of likely N-dealkylation sites (tertiary alicyclic amines) is 1. The van der Waals surface area contributed by atoms with E-state index in [0.717, 1.165) is 35.0 Å². The molecule has 0 bridgehead atoms. The smallest absolute Gasteiger partial charge is 0.269 e. The van der Waals surface area contributed by atoms with E-state index in [9.17, 15) is 33.2 Å². The Hall–Kier alpha value is -3.87. The Morgan fingerprint density at radius 3 is 2.24 bits per heavy atom. The van der Waals surface area contributed by atoms with Crippen molar-refractivity contribution in [3.8, 4) is 0 Å². The Kier molecular flexibility index (Phi) is 8.06. The van der Waals surface area contributed by atoms with Gasteiger partial charge in [-0.15, -0.1) is 0 Å². The summed E-state index contributed by atoms with van der Waals surface area (Å²) in [4.78, 5) is 43.3. The van der Waals surface area contributed by atoms with E-state index in [0.29, 0.717) is 11.1 Å². The molecule has 0 radical (unpaired) electrons. The molecule has 10 nitrogen and oxygen atoms in total. The van der Waals surface area contributed by atoms with Crippen molar-refractivity contribution in [1.82, 2.24) is 4.90 Å². The van der Waals surface area contributed by atoms with Crippen LogP contribution in [0.15, 0.2) is 82.7 Å². The van der Waals surface area contributed by atoms with Gasteiger partial charge < -0.3 is 5.11 Å². The Bertz CT molecular complexity index is 1670. The summed E-state index contributed by atoms with van der Waals surface area (Å²) in [6, 6.07) is 18.0. The average Bonchev–Trinajstić information content (AvgIpc) is 3.56. The first kappa shape index (κ1) is 29.6. The number of carbonyl (C=O) groups is 2. The van der Waals surface area contributed by atoms with Crippen LogP contribution in [0.25, 0.3) is 0 Å². The number of aliphatic imine (C=N–C) groups is 1. The number of benzene rings is 3. The molecule has 1 N–H and O–H groups in total. The first-order valence-electron chi connectivity index (χ1n) is 13.3. The molecule has 1 saturated heterocycles. The summed E-state index contributed by atoms with van der Waals surface area (Å²) in [6.07, 6.45) is -1.66. The molecular weight excluding hydrogens is 578 g/mol. The van der Waals surface area contributed by atoms with Gasteiger partial charge in [0, 0.05) is 17.7 Å². The number of amidine groups is 1. The number of amides is 1. The summed E-state index contributed by atoms with van der Waals surface area (Å²) >= 11 is 0.855. The molecule has 0 aromatic heterocycles. The van der Waals surface area contributed by atoms with Crippen molar-refractivity contribution in [2.45, 2.75) is 48.3 Å². The van der Waals surface area contributed by atoms with Crippen LogP contribution in [0.2, 0.25) is 0 Å². The minimum Gasteiger partial charge on any atom is -0.382 e. The molecule has 2 heterocycles. The molecule has 1 amide bonds. The summed E-state index contributed by atoms with van der Waals surface area (Å²) in [7, 11) is -3.99. The zero-order chi connectivity index (χ0) is 30.3. The minimum absolute atomic E-state index is 0.0895. The van der Waals surface area contributed by atoms with Crippen LogP contribution in [-0.4, -0.2) is 57.4 Å². The van der Waals surface area contributed by atoms with E-state index in [4.69, 9.17) is 0 Å². The van der Waals surface area contributed by atoms with E-state index in [1.165, 1.54) is 17.0 Å². The zero-order valence-corrected chi connectivity index (χ0v) is 24.7. The first-order valence-corrected chi connectivity index (χ1v) is 15.7. The van der Waals surface area contributed by atoms with Gasteiger partial charge in [-0.25, -0.2) is 8.42 Å². The number of aliphatic hydroxyl groups excluding tert-OH is 1. The summed E-state index contributed by atoms with van der Waals surface area (Å²) in [5.41, 5.74) is 2.73. The van der Waals surface area contributed by atoms with Crippen LogP contribution in [0.1, 0.15) is 52.9 Å². The van der Waals surface area contributed by atoms with Crippen molar-refractivity contribution in [2.75, 3.05) is 6.54 Å². The van der Waals surface area contributed by atoms with E-state index in [1.54, 1.807) is 24.3 Å². The summed E-state index contributed by atoms with van der Waals surface area (Å²) in [5.74, 6) is -2.05. The Labute approximate surface area is 247 Å². The number of carbonyl (C=O) groups excluding carboxylic acids is 2. The maximum absolute atomic E-state index is 13.8. The largest absolute Gasteiger partial charge is 0.382 e. The monoisotopic (exact) mass is 607 g/mol. The molecule has 3 aromatic carbocycles. The van der Waals surface area contributed by atoms with Crippen molar-refractivity contribution in [1.29, 1.82) is 0 Å². The molecular formula is C30H29N3O7S2. The van der Waals surface area contributed by atoms with E-state index in [2.05, 4.69) is 4.99 Å². The van der Waals surface area contributed by atoms with Gasteiger partial charge in [-0.05, 0) is 36.1 Å². The third kappa shape index (κ3) is 5.37. The lowest BCUT2D eigenvalue weighted by atomic mass is 9.85. The van der Waals surface area contributed by atoms with Crippen molar-refractivity contribution in [3.63, 3.8) is 0 Å². The lowest BCUT2D eigenvalue weighted by Gasteiger charge is -2.28. The first-order chi connectivity index (χ1) is 19.9. The van der Waals surface area contributed by atoms with Crippen LogP contribution in [0, 0.1) is 23.0 Å². The number of hydrogen-bond acceptors (Lipinski definition) is 9. The zero-order valence-electron chi connectivity index (χ0n) is 23.1. The van der Waals surface area contributed by atoms with Gasteiger partial charge in [0.25, 0.3) is 11.6 Å². The Morgan fingerprint density at radius 2 is 1.67 bits per heavy atom. The average molecular weight is 608 g/mol. The normalized spacial score (nSPS) is 22.5. The molecule has 0 saturated carbocycles. The van der Waals surface area contributed by atoms with Crippen molar-refractivity contribution in [3.05, 3.63) is 105 Å². The van der Waals surface area contributed by atoms with E-state index in [-0.39, 0.29) is 28.2 Å². The van der Waals surface area contributed by atoms with Gasteiger partial charge in [0.15, 0.2) is 20.8 Å². The fourth-order valence-electron chi connectivity index (χ4n) is 5.16. The van der Waals surface area contributed by atoms with Gasteiger partial charge in [-0.3, -0.25) is 29.6 Å². The molecule has 0 aliphatic carbocycles. The quantitative estimate of drug-likeness (QED) is 0.232. The Balaban J connectivity index is 1.50. The van der Waals surface area contributed by atoms with E-state index < -0.39 is 49.1 Å². The van der Waals surface area contributed by atoms with Crippen LogP contribution in [0.3, 0.4) is 0 Å². The second kappa shape index (κ2) is 11.4. The number of sulfone groups is 1. The summed E-state index contributed by atoms with van der Waals surface area (Å²) in [5, 5.41) is 22.3. The molecule has 3 aromatic rings. The topological polar surface area (TPSA) is 147 Å². The number of non-ortho nitro benzene ring substituents is 1. The molecule has 42 heavy (non-hydrogen) atoms. The fourth-order valence-corrected chi connectivity index (χ4v) is 8.20.